The standard InChI is InChI=1S/C10H10N2O2/c1-6-9(7(2)13)12-5-3-4-8(14)10(12)11-6/h3-5,14H,1-2H3. The van der Waals surface area contributed by atoms with E-state index in [4.69, 9.17) is 0 Å². The Hall–Kier alpha value is -1.84. The van der Waals surface area contributed by atoms with Crippen LogP contribution in [0.15, 0.2) is 18.3 Å². The van der Waals surface area contributed by atoms with Crippen LogP contribution in [0.2, 0.25) is 0 Å². The summed E-state index contributed by atoms with van der Waals surface area (Å²) in [5, 5.41) is 9.50. The van der Waals surface area contributed by atoms with E-state index in [1.165, 1.54) is 6.92 Å². The van der Waals surface area contributed by atoms with Crippen molar-refractivity contribution < 1.29 is 9.90 Å². The molecule has 72 valence electrons. The van der Waals surface area contributed by atoms with E-state index in [-0.39, 0.29) is 11.5 Å². The molecule has 0 aromatic carbocycles. The summed E-state index contributed by atoms with van der Waals surface area (Å²) in [6.45, 7) is 3.24. The molecular weight excluding hydrogens is 180 g/mol. The van der Waals surface area contributed by atoms with Crippen molar-refractivity contribution in [3.8, 4) is 5.75 Å². The second kappa shape index (κ2) is 2.83. The third-order valence-corrected chi connectivity index (χ3v) is 2.14. The minimum absolute atomic E-state index is 0.0550. The highest BCUT2D eigenvalue weighted by Crippen LogP contribution is 2.20. The number of aromatic hydroxyl groups is 1. The van der Waals surface area contributed by atoms with Gasteiger partial charge in [-0.05, 0) is 19.1 Å². The van der Waals surface area contributed by atoms with Crippen LogP contribution < -0.4 is 0 Å². The van der Waals surface area contributed by atoms with Crippen molar-refractivity contribution >= 4 is 11.4 Å². The number of carbonyl (C=O) groups excluding carboxylic acids is 1. The molecule has 0 aliphatic rings. The average molecular weight is 190 g/mol. The number of pyridine rings is 1. The number of carbonyl (C=O) groups is 1. The second-order valence-electron chi connectivity index (χ2n) is 3.19. The summed E-state index contributed by atoms with van der Waals surface area (Å²) < 4.78 is 1.60. The fraction of sp³-hybridized carbons (Fsp3) is 0.200. The maximum Gasteiger partial charge on any atom is 0.180 e. The number of rotatable bonds is 1. The summed E-state index contributed by atoms with van der Waals surface area (Å²) >= 11 is 0. The lowest BCUT2D eigenvalue weighted by Gasteiger charge is -1.98. The Bertz CT molecular complexity index is 514. The minimum atomic E-state index is -0.0550. The largest absolute Gasteiger partial charge is 0.504 e. The van der Waals surface area contributed by atoms with Gasteiger partial charge >= 0.3 is 0 Å². The number of hydrogen-bond acceptors (Lipinski definition) is 3. The fourth-order valence-corrected chi connectivity index (χ4v) is 1.59. The Balaban J connectivity index is 2.90. The van der Waals surface area contributed by atoms with Gasteiger partial charge in [0.05, 0.1) is 5.69 Å². The van der Waals surface area contributed by atoms with Crippen LogP contribution in [0, 0.1) is 6.92 Å². The van der Waals surface area contributed by atoms with Gasteiger partial charge in [0.2, 0.25) is 0 Å². The van der Waals surface area contributed by atoms with E-state index in [1.807, 2.05) is 0 Å². The van der Waals surface area contributed by atoms with E-state index in [0.717, 1.165) is 0 Å². The first-order valence-electron chi connectivity index (χ1n) is 4.29. The monoisotopic (exact) mass is 190 g/mol. The highest BCUT2D eigenvalue weighted by atomic mass is 16.3. The zero-order valence-corrected chi connectivity index (χ0v) is 7.98. The van der Waals surface area contributed by atoms with Gasteiger partial charge in [0.1, 0.15) is 5.69 Å². The Kier molecular flexibility index (Phi) is 1.77. The second-order valence-corrected chi connectivity index (χ2v) is 3.19. The van der Waals surface area contributed by atoms with E-state index < -0.39 is 0 Å². The van der Waals surface area contributed by atoms with E-state index in [0.29, 0.717) is 17.0 Å². The number of fused-ring (bicyclic) bond motifs is 1. The van der Waals surface area contributed by atoms with Crippen LogP contribution in [0.3, 0.4) is 0 Å². The average Bonchev–Trinajstić information content (AvgIpc) is 2.42. The number of aryl methyl sites for hydroxylation is 1. The lowest BCUT2D eigenvalue weighted by Crippen LogP contribution is -1.99. The number of ketones is 1. The van der Waals surface area contributed by atoms with Gasteiger partial charge in [-0.25, -0.2) is 4.98 Å². The van der Waals surface area contributed by atoms with E-state index in [2.05, 4.69) is 4.98 Å². The van der Waals surface area contributed by atoms with Gasteiger partial charge in [0.15, 0.2) is 17.2 Å². The van der Waals surface area contributed by atoms with Gasteiger partial charge in [-0.3, -0.25) is 9.20 Å². The third-order valence-electron chi connectivity index (χ3n) is 2.14. The van der Waals surface area contributed by atoms with Crippen LogP contribution in [0.5, 0.6) is 5.75 Å². The lowest BCUT2D eigenvalue weighted by atomic mass is 10.2. The summed E-state index contributed by atoms with van der Waals surface area (Å²) in [5.41, 5.74) is 1.59. The SMILES string of the molecule is CC(=O)c1c(C)nc2c(O)cccn12. The van der Waals surface area contributed by atoms with Crippen LogP contribution in [-0.2, 0) is 0 Å². The van der Waals surface area contributed by atoms with Gasteiger partial charge in [0, 0.05) is 13.1 Å². The summed E-state index contributed by atoms with van der Waals surface area (Å²) in [5.74, 6) is 0.0312. The first-order chi connectivity index (χ1) is 6.61. The molecule has 0 atom stereocenters. The molecule has 0 spiro atoms. The van der Waals surface area contributed by atoms with Gasteiger partial charge in [-0.15, -0.1) is 0 Å². The molecule has 4 nitrogen and oxygen atoms in total. The van der Waals surface area contributed by atoms with E-state index in [1.54, 1.807) is 29.7 Å². The predicted molar refractivity (Wildman–Crippen MR) is 51.6 cm³/mol. The molecule has 4 heteroatoms. The van der Waals surface area contributed by atoms with Gasteiger partial charge in [-0.2, -0.15) is 0 Å². The van der Waals surface area contributed by atoms with Crippen LogP contribution in [-0.4, -0.2) is 20.3 Å². The van der Waals surface area contributed by atoms with Crippen molar-refractivity contribution in [1.82, 2.24) is 9.38 Å². The van der Waals surface area contributed by atoms with E-state index >= 15 is 0 Å². The first kappa shape index (κ1) is 8.74. The molecule has 0 radical (unpaired) electrons. The Morgan fingerprint density at radius 2 is 2.29 bits per heavy atom. The molecule has 1 N–H and O–H groups in total. The molecule has 0 saturated carbocycles. The topological polar surface area (TPSA) is 54.6 Å². The number of hydrogen-bond donors (Lipinski definition) is 1. The van der Waals surface area contributed by atoms with Gasteiger partial charge in [-0.1, -0.05) is 0 Å². The lowest BCUT2D eigenvalue weighted by molar-refractivity contribution is 0.101. The van der Waals surface area contributed by atoms with Crippen molar-refractivity contribution in [2.75, 3.05) is 0 Å². The molecule has 14 heavy (non-hydrogen) atoms. The summed E-state index contributed by atoms with van der Waals surface area (Å²) in [6.07, 6.45) is 1.71. The summed E-state index contributed by atoms with van der Waals surface area (Å²) in [4.78, 5) is 15.4. The van der Waals surface area contributed by atoms with Gasteiger partial charge in [0.25, 0.3) is 0 Å². The molecule has 2 rings (SSSR count). The molecule has 0 saturated heterocycles. The first-order valence-corrected chi connectivity index (χ1v) is 4.29. The van der Waals surface area contributed by atoms with Crippen molar-refractivity contribution in [2.45, 2.75) is 13.8 Å². The molecule has 0 fully saturated rings. The number of Topliss-reactive ketones (excluding diaryl/α,β-unsaturated/α-hetero) is 1. The highest BCUT2D eigenvalue weighted by molar-refractivity contribution is 5.94. The summed E-state index contributed by atoms with van der Waals surface area (Å²) in [6, 6.07) is 3.22. The summed E-state index contributed by atoms with van der Waals surface area (Å²) in [7, 11) is 0. The molecule has 2 heterocycles. The highest BCUT2D eigenvalue weighted by Gasteiger charge is 2.13. The Morgan fingerprint density at radius 3 is 2.93 bits per heavy atom. The minimum Gasteiger partial charge on any atom is -0.504 e. The molecule has 0 aliphatic heterocycles. The Labute approximate surface area is 80.8 Å². The van der Waals surface area contributed by atoms with E-state index in [9.17, 15) is 9.90 Å². The maximum absolute atomic E-state index is 11.3. The number of aromatic nitrogens is 2. The third kappa shape index (κ3) is 1.08. The molecule has 2 aromatic heterocycles. The molecule has 2 aromatic rings. The molecule has 0 aliphatic carbocycles. The quantitative estimate of drug-likeness (QED) is 0.694. The van der Waals surface area contributed by atoms with Crippen molar-refractivity contribution in [3.63, 3.8) is 0 Å². The van der Waals surface area contributed by atoms with Crippen LogP contribution in [0.4, 0.5) is 0 Å². The predicted octanol–water partition coefficient (Wildman–Crippen LogP) is 1.55. The van der Waals surface area contributed by atoms with Crippen LogP contribution in [0.1, 0.15) is 23.1 Å². The van der Waals surface area contributed by atoms with Crippen molar-refractivity contribution in [3.05, 3.63) is 29.7 Å². The fourth-order valence-electron chi connectivity index (χ4n) is 1.59. The normalized spacial score (nSPS) is 10.7. The molecule has 0 amide bonds. The maximum atomic E-state index is 11.3. The zero-order chi connectivity index (χ0) is 10.3. The van der Waals surface area contributed by atoms with Crippen molar-refractivity contribution in [2.24, 2.45) is 0 Å². The van der Waals surface area contributed by atoms with Crippen LogP contribution >= 0.6 is 0 Å². The number of imidazole rings is 1. The zero-order valence-electron chi connectivity index (χ0n) is 7.98. The molecule has 0 unspecified atom stereocenters. The number of nitrogens with zero attached hydrogens (tertiary/aromatic N) is 2. The molecular formula is C10H10N2O2. The smallest absolute Gasteiger partial charge is 0.180 e. The van der Waals surface area contributed by atoms with Crippen LogP contribution in [0.25, 0.3) is 5.65 Å². The molecule has 0 bridgehead atoms. The Morgan fingerprint density at radius 1 is 1.57 bits per heavy atom. The van der Waals surface area contributed by atoms with Gasteiger partial charge < -0.3 is 5.11 Å². The van der Waals surface area contributed by atoms with Crippen molar-refractivity contribution in [1.29, 1.82) is 0 Å².